The first-order valence-corrected chi connectivity index (χ1v) is 5.11. The van der Waals surface area contributed by atoms with Crippen LogP contribution in [0.25, 0.3) is 0 Å². The molecule has 1 aromatic heterocycles. The van der Waals surface area contributed by atoms with Gasteiger partial charge in [0.25, 0.3) is 0 Å². The predicted octanol–water partition coefficient (Wildman–Crippen LogP) is 0.941. The van der Waals surface area contributed by atoms with Crippen molar-refractivity contribution in [2.45, 2.75) is 0 Å². The normalized spacial score (nSPS) is 15.9. The van der Waals surface area contributed by atoms with Crippen LogP contribution in [-0.4, -0.2) is 29.0 Å². The fourth-order valence-electron chi connectivity index (χ4n) is 1.15. The van der Waals surface area contributed by atoms with E-state index in [0.29, 0.717) is 13.1 Å². The maximum Gasteiger partial charge on any atom is 0.230 e. The summed E-state index contributed by atoms with van der Waals surface area (Å²) < 4.78 is 0. The summed E-state index contributed by atoms with van der Waals surface area (Å²) in [7, 11) is 0. The molecular formula is C8H8Cl2N4O. The molecule has 1 aliphatic heterocycles. The van der Waals surface area contributed by atoms with Crippen LogP contribution in [0.1, 0.15) is 0 Å². The first kappa shape index (κ1) is 10.6. The van der Waals surface area contributed by atoms with E-state index in [1.807, 2.05) is 0 Å². The Bertz CT molecular complexity index is 374. The van der Waals surface area contributed by atoms with Crippen molar-refractivity contribution in [1.29, 1.82) is 0 Å². The summed E-state index contributed by atoms with van der Waals surface area (Å²) in [5, 5.41) is 5.91. The Morgan fingerprint density at radius 3 is 2.47 bits per heavy atom. The van der Waals surface area contributed by atoms with E-state index in [1.165, 1.54) is 6.33 Å². The Morgan fingerprint density at radius 1 is 1.40 bits per heavy atom. The lowest BCUT2D eigenvalue weighted by Crippen LogP contribution is -2.48. The Balaban J connectivity index is 2.12. The van der Waals surface area contributed by atoms with Gasteiger partial charge < -0.3 is 10.6 Å². The van der Waals surface area contributed by atoms with E-state index in [-0.39, 0.29) is 27.8 Å². The summed E-state index contributed by atoms with van der Waals surface area (Å²) in [6, 6.07) is 0. The predicted molar refractivity (Wildman–Crippen MR) is 57.0 cm³/mol. The van der Waals surface area contributed by atoms with E-state index in [9.17, 15) is 4.79 Å². The van der Waals surface area contributed by atoms with Crippen molar-refractivity contribution in [3.63, 3.8) is 0 Å². The van der Waals surface area contributed by atoms with Crippen molar-refractivity contribution in [2.24, 2.45) is 5.92 Å². The molecule has 0 aliphatic carbocycles. The standard InChI is InChI=1S/C8H8Cl2N4O/c9-6-5(7(10)13-3-12-6)14-8(15)4-1-11-2-4/h3-4,11H,1-2H2,(H,14,15). The fraction of sp³-hybridized carbons (Fsp3) is 0.375. The summed E-state index contributed by atoms with van der Waals surface area (Å²) in [6.07, 6.45) is 1.24. The van der Waals surface area contributed by atoms with E-state index in [4.69, 9.17) is 23.2 Å². The number of rotatable bonds is 2. The second kappa shape index (κ2) is 4.30. The molecule has 2 N–H and O–H groups in total. The number of carbonyl (C=O) groups excluding carboxylic acids is 1. The number of carbonyl (C=O) groups is 1. The summed E-state index contributed by atoms with van der Waals surface area (Å²) in [4.78, 5) is 19.0. The molecule has 0 saturated carbocycles. The topological polar surface area (TPSA) is 66.9 Å². The Labute approximate surface area is 96.2 Å². The molecule has 80 valence electrons. The van der Waals surface area contributed by atoms with E-state index in [1.54, 1.807) is 0 Å². The van der Waals surface area contributed by atoms with Gasteiger partial charge in [-0.15, -0.1) is 0 Å². The van der Waals surface area contributed by atoms with Gasteiger partial charge in [0.2, 0.25) is 5.91 Å². The van der Waals surface area contributed by atoms with Gasteiger partial charge in [-0.1, -0.05) is 23.2 Å². The molecule has 0 aromatic carbocycles. The molecule has 2 heterocycles. The van der Waals surface area contributed by atoms with Crippen molar-refractivity contribution in [1.82, 2.24) is 15.3 Å². The summed E-state index contributed by atoms with van der Waals surface area (Å²) in [5.41, 5.74) is 0.276. The number of hydrogen-bond acceptors (Lipinski definition) is 4. The average molecular weight is 247 g/mol. The molecule has 0 atom stereocenters. The SMILES string of the molecule is O=C(Nc1c(Cl)ncnc1Cl)C1CNC1. The molecule has 1 aromatic rings. The van der Waals surface area contributed by atoms with Gasteiger partial charge in [0.1, 0.15) is 12.0 Å². The highest BCUT2D eigenvalue weighted by atomic mass is 35.5. The van der Waals surface area contributed by atoms with Crippen LogP contribution in [0.2, 0.25) is 10.3 Å². The van der Waals surface area contributed by atoms with Crippen molar-refractivity contribution in [3.8, 4) is 0 Å². The van der Waals surface area contributed by atoms with Gasteiger partial charge in [-0.25, -0.2) is 9.97 Å². The highest BCUT2D eigenvalue weighted by molar-refractivity contribution is 6.38. The zero-order chi connectivity index (χ0) is 10.8. The third kappa shape index (κ3) is 2.19. The zero-order valence-corrected chi connectivity index (χ0v) is 9.14. The first-order valence-electron chi connectivity index (χ1n) is 4.36. The Hall–Kier alpha value is -0.910. The van der Waals surface area contributed by atoms with Crippen molar-refractivity contribution < 1.29 is 4.79 Å². The molecule has 7 heteroatoms. The van der Waals surface area contributed by atoms with Crippen LogP contribution in [-0.2, 0) is 4.79 Å². The zero-order valence-electron chi connectivity index (χ0n) is 7.63. The number of anilines is 1. The van der Waals surface area contributed by atoms with Crippen molar-refractivity contribution in [3.05, 3.63) is 16.6 Å². The molecule has 1 saturated heterocycles. The van der Waals surface area contributed by atoms with Crippen molar-refractivity contribution in [2.75, 3.05) is 18.4 Å². The van der Waals surface area contributed by atoms with Crippen LogP contribution in [0.5, 0.6) is 0 Å². The minimum Gasteiger partial charge on any atom is -0.321 e. The second-order valence-electron chi connectivity index (χ2n) is 3.17. The van der Waals surface area contributed by atoms with Crippen LogP contribution < -0.4 is 10.6 Å². The van der Waals surface area contributed by atoms with Crippen LogP contribution in [0, 0.1) is 5.92 Å². The molecule has 15 heavy (non-hydrogen) atoms. The third-order valence-electron chi connectivity index (χ3n) is 2.16. The third-order valence-corrected chi connectivity index (χ3v) is 2.73. The quantitative estimate of drug-likeness (QED) is 0.763. The second-order valence-corrected chi connectivity index (χ2v) is 3.89. The summed E-state index contributed by atoms with van der Waals surface area (Å²) >= 11 is 11.5. The minimum absolute atomic E-state index is 0.0302. The summed E-state index contributed by atoms with van der Waals surface area (Å²) in [5.74, 6) is -0.148. The molecular weight excluding hydrogens is 239 g/mol. The number of nitrogens with one attached hydrogen (secondary N) is 2. The lowest BCUT2D eigenvalue weighted by Gasteiger charge is -2.25. The fourth-order valence-corrected chi connectivity index (χ4v) is 1.56. The van der Waals surface area contributed by atoms with Crippen LogP contribution >= 0.6 is 23.2 Å². The first-order chi connectivity index (χ1) is 7.18. The van der Waals surface area contributed by atoms with Gasteiger partial charge in [0, 0.05) is 13.1 Å². The smallest absolute Gasteiger partial charge is 0.230 e. The molecule has 5 nitrogen and oxygen atoms in total. The maximum atomic E-state index is 11.6. The van der Waals surface area contributed by atoms with Gasteiger partial charge in [-0.3, -0.25) is 4.79 Å². The van der Waals surface area contributed by atoms with Crippen LogP contribution in [0.15, 0.2) is 6.33 Å². The number of nitrogens with zero attached hydrogens (tertiary/aromatic N) is 2. The monoisotopic (exact) mass is 246 g/mol. The Kier molecular flexibility index (Phi) is 3.04. The van der Waals surface area contributed by atoms with E-state index < -0.39 is 0 Å². The van der Waals surface area contributed by atoms with Gasteiger partial charge >= 0.3 is 0 Å². The Morgan fingerprint density at radius 2 is 2.00 bits per heavy atom. The molecule has 0 spiro atoms. The van der Waals surface area contributed by atoms with Gasteiger partial charge in [0.05, 0.1) is 5.92 Å². The molecule has 0 unspecified atom stereocenters. The van der Waals surface area contributed by atoms with E-state index >= 15 is 0 Å². The minimum atomic E-state index is -0.118. The number of halogens is 2. The van der Waals surface area contributed by atoms with Crippen LogP contribution in [0.4, 0.5) is 5.69 Å². The number of aromatic nitrogens is 2. The molecule has 1 aliphatic rings. The van der Waals surface area contributed by atoms with E-state index in [2.05, 4.69) is 20.6 Å². The average Bonchev–Trinajstić information content (AvgIpc) is 2.08. The molecule has 1 amide bonds. The van der Waals surface area contributed by atoms with Gasteiger partial charge in [-0.05, 0) is 0 Å². The molecule has 0 radical (unpaired) electrons. The number of hydrogen-bond donors (Lipinski definition) is 2. The van der Waals surface area contributed by atoms with Gasteiger partial charge in [-0.2, -0.15) is 0 Å². The van der Waals surface area contributed by atoms with Crippen LogP contribution in [0.3, 0.4) is 0 Å². The largest absolute Gasteiger partial charge is 0.321 e. The summed E-state index contributed by atoms with van der Waals surface area (Å²) in [6.45, 7) is 1.35. The highest BCUT2D eigenvalue weighted by Gasteiger charge is 2.26. The highest BCUT2D eigenvalue weighted by Crippen LogP contribution is 2.26. The number of amides is 1. The molecule has 1 fully saturated rings. The lowest BCUT2D eigenvalue weighted by atomic mass is 10.0. The van der Waals surface area contributed by atoms with E-state index in [0.717, 1.165) is 0 Å². The molecule has 0 bridgehead atoms. The molecule has 2 rings (SSSR count). The lowest BCUT2D eigenvalue weighted by molar-refractivity contribution is -0.121. The van der Waals surface area contributed by atoms with Crippen molar-refractivity contribution >= 4 is 34.8 Å². The van der Waals surface area contributed by atoms with Gasteiger partial charge in [0.15, 0.2) is 10.3 Å². The maximum absolute atomic E-state index is 11.6.